The van der Waals surface area contributed by atoms with Gasteiger partial charge in [0.25, 0.3) is 5.91 Å². The maximum absolute atomic E-state index is 13.6. The first kappa shape index (κ1) is 13.0. The van der Waals surface area contributed by atoms with Gasteiger partial charge in [-0.05, 0) is 25.1 Å². The van der Waals surface area contributed by atoms with Crippen LogP contribution in [0.3, 0.4) is 0 Å². The van der Waals surface area contributed by atoms with E-state index in [4.69, 9.17) is 5.11 Å². The first-order valence-corrected chi connectivity index (χ1v) is 6.20. The number of hydrogen-bond acceptors (Lipinski definition) is 2. The average Bonchev–Trinajstić information content (AvgIpc) is 2.72. The molecule has 4 nitrogen and oxygen atoms in total. The van der Waals surface area contributed by atoms with E-state index in [2.05, 4.69) is 26.2 Å². The Morgan fingerprint density at radius 1 is 1.56 bits per heavy atom. The predicted octanol–water partition coefficient (Wildman–Crippen LogP) is 2.18. The van der Waals surface area contributed by atoms with E-state index in [1.807, 2.05) is 0 Å². The number of aliphatic hydroxyl groups is 1. The molecule has 1 aromatic carbocycles. The number of carbonyl (C=O) groups is 1. The number of aromatic amines is 1. The van der Waals surface area contributed by atoms with Crippen molar-refractivity contribution >= 4 is 32.7 Å². The number of hydrogen-bond donors (Lipinski definition) is 3. The first-order chi connectivity index (χ1) is 8.51. The zero-order chi connectivity index (χ0) is 13.3. The van der Waals surface area contributed by atoms with E-state index in [-0.39, 0.29) is 24.2 Å². The fourth-order valence-electron chi connectivity index (χ4n) is 1.63. The molecule has 0 bridgehead atoms. The molecule has 18 heavy (non-hydrogen) atoms. The van der Waals surface area contributed by atoms with Crippen LogP contribution in [0, 0.1) is 5.82 Å². The summed E-state index contributed by atoms with van der Waals surface area (Å²) in [4.78, 5) is 14.6. The summed E-state index contributed by atoms with van der Waals surface area (Å²) in [5, 5.41) is 11.8. The Labute approximate surface area is 111 Å². The molecule has 0 fully saturated rings. The smallest absolute Gasteiger partial charge is 0.268 e. The van der Waals surface area contributed by atoms with E-state index < -0.39 is 5.82 Å². The zero-order valence-electron chi connectivity index (χ0n) is 9.63. The minimum Gasteiger partial charge on any atom is -0.394 e. The summed E-state index contributed by atoms with van der Waals surface area (Å²) in [7, 11) is 0. The van der Waals surface area contributed by atoms with Crippen LogP contribution in [0.2, 0.25) is 0 Å². The molecule has 3 N–H and O–H groups in total. The first-order valence-electron chi connectivity index (χ1n) is 5.40. The highest BCUT2D eigenvalue weighted by Gasteiger charge is 2.14. The number of benzene rings is 1. The van der Waals surface area contributed by atoms with E-state index in [1.54, 1.807) is 13.0 Å². The molecule has 0 aliphatic rings. The van der Waals surface area contributed by atoms with Crippen LogP contribution in [0.25, 0.3) is 10.9 Å². The van der Waals surface area contributed by atoms with Crippen molar-refractivity contribution in [3.8, 4) is 0 Å². The molecule has 0 saturated heterocycles. The van der Waals surface area contributed by atoms with Crippen molar-refractivity contribution in [2.45, 2.75) is 13.0 Å². The third-order valence-electron chi connectivity index (χ3n) is 2.55. The number of rotatable bonds is 3. The molecule has 0 radical (unpaired) electrons. The van der Waals surface area contributed by atoms with Crippen molar-refractivity contribution in [2.75, 3.05) is 6.61 Å². The monoisotopic (exact) mass is 314 g/mol. The fourth-order valence-corrected chi connectivity index (χ4v) is 2.06. The van der Waals surface area contributed by atoms with Gasteiger partial charge in [-0.15, -0.1) is 0 Å². The second kappa shape index (κ2) is 5.07. The van der Waals surface area contributed by atoms with Crippen LogP contribution in [0.5, 0.6) is 0 Å². The summed E-state index contributed by atoms with van der Waals surface area (Å²) in [6, 6.07) is 4.15. The second-order valence-electron chi connectivity index (χ2n) is 4.09. The van der Waals surface area contributed by atoms with Gasteiger partial charge in [-0.1, -0.05) is 15.9 Å². The quantitative estimate of drug-likeness (QED) is 0.813. The Kier molecular flexibility index (Phi) is 3.68. The number of amides is 1. The number of H-pyrrole nitrogens is 1. The Balaban J connectivity index is 2.35. The summed E-state index contributed by atoms with van der Waals surface area (Å²) < 4.78 is 14.2. The number of carbonyl (C=O) groups excluding carboxylic acids is 1. The number of aromatic nitrogens is 1. The maximum Gasteiger partial charge on any atom is 0.268 e. The van der Waals surface area contributed by atoms with E-state index in [0.717, 1.165) is 0 Å². The van der Waals surface area contributed by atoms with Crippen molar-refractivity contribution < 1.29 is 14.3 Å². The third kappa shape index (κ3) is 2.54. The van der Waals surface area contributed by atoms with Crippen molar-refractivity contribution in [3.63, 3.8) is 0 Å². The Hall–Kier alpha value is -1.40. The largest absolute Gasteiger partial charge is 0.394 e. The van der Waals surface area contributed by atoms with Crippen LogP contribution in [-0.2, 0) is 0 Å². The third-order valence-corrected chi connectivity index (χ3v) is 3.01. The number of fused-ring (bicyclic) bond motifs is 1. The van der Waals surface area contributed by atoms with Gasteiger partial charge in [0.1, 0.15) is 11.5 Å². The van der Waals surface area contributed by atoms with Crippen LogP contribution in [-0.4, -0.2) is 28.6 Å². The van der Waals surface area contributed by atoms with Gasteiger partial charge < -0.3 is 15.4 Å². The predicted molar refractivity (Wildman–Crippen MR) is 70.0 cm³/mol. The second-order valence-corrected chi connectivity index (χ2v) is 5.00. The summed E-state index contributed by atoms with van der Waals surface area (Å²) in [5.74, 6) is -0.770. The number of aliphatic hydroxyl groups excluding tert-OH is 1. The van der Waals surface area contributed by atoms with Crippen molar-refractivity contribution in [3.05, 3.63) is 34.2 Å². The van der Waals surface area contributed by atoms with Gasteiger partial charge in [-0.25, -0.2) is 4.39 Å². The molecule has 1 unspecified atom stereocenters. The lowest BCUT2D eigenvalue weighted by Gasteiger charge is -2.08. The van der Waals surface area contributed by atoms with Gasteiger partial charge in [-0.2, -0.15) is 0 Å². The standard InChI is InChI=1S/C12H12BrFN2O2/c1-6(5-17)15-12(18)11-4-8-9(14)2-7(13)3-10(8)16-11/h2-4,6,16-17H,5H2,1H3,(H,15,18). The molecular weight excluding hydrogens is 303 g/mol. The molecule has 0 saturated carbocycles. The summed E-state index contributed by atoms with van der Waals surface area (Å²) in [6.07, 6.45) is 0. The topological polar surface area (TPSA) is 65.1 Å². The average molecular weight is 315 g/mol. The molecule has 1 amide bonds. The maximum atomic E-state index is 13.6. The van der Waals surface area contributed by atoms with E-state index in [0.29, 0.717) is 15.4 Å². The normalized spacial score (nSPS) is 12.7. The van der Waals surface area contributed by atoms with Gasteiger partial charge in [0.05, 0.1) is 12.1 Å². The molecule has 6 heteroatoms. The lowest BCUT2D eigenvalue weighted by atomic mass is 10.2. The molecule has 2 rings (SSSR count). The molecule has 96 valence electrons. The molecule has 1 aromatic heterocycles. The molecule has 1 heterocycles. The van der Waals surface area contributed by atoms with E-state index in [1.165, 1.54) is 12.1 Å². The van der Waals surface area contributed by atoms with Gasteiger partial charge >= 0.3 is 0 Å². The SMILES string of the molecule is CC(CO)NC(=O)c1cc2c(F)cc(Br)cc2[nH]1. The summed E-state index contributed by atoms with van der Waals surface area (Å²) in [5.41, 5.74) is 0.811. The lowest BCUT2D eigenvalue weighted by Crippen LogP contribution is -2.35. The lowest BCUT2D eigenvalue weighted by molar-refractivity contribution is 0.0918. The van der Waals surface area contributed by atoms with Crippen LogP contribution in [0.15, 0.2) is 22.7 Å². The highest BCUT2D eigenvalue weighted by molar-refractivity contribution is 9.10. The molecule has 0 aliphatic carbocycles. The van der Waals surface area contributed by atoms with Crippen molar-refractivity contribution in [1.82, 2.24) is 10.3 Å². The molecule has 2 aromatic rings. The number of halogens is 2. The zero-order valence-corrected chi connectivity index (χ0v) is 11.2. The fraction of sp³-hybridized carbons (Fsp3) is 0.250. The Morgan fingerprint density at radius 2 is 2.28 bits per heavy atom. The van der Waals surface area contributed by atoms with Crippen LogP contribution >= 0.6 is 15.9 Å². The highest BCUT2D eigenvalue weighted by Crippen LogP contribution is 2.23. The summed E-state index contributed by atoms with van der Waals surface area (Å²) in [6.45, 7) is 1.53. The Morgan fingerprint density at radius 3 is 2.94 bits per heavy atom. The molecular formula is C12H12BrFN2O2. The van der Waals surface area contributed by atoms with E-state index >= 15 is 0 Å². The highest BCUT2D eigenvalue weighted by atomic mass is 79.9. The van der Waals surface area contributed by atoms with Gasteiger partial charge in [0.2, 0.25) is 0 Å². The number of nitrogens with one attached hydrogen (secondary N) is 2. The van der Waals surface area contributed by atoms with Gasteiger partial charge in [-0.3, -0.25) is 4.79 Å². The van der Waals surface area contributed by atoms with Crippen molar-refractivity contribution in [2.24, 2.45) is 0 Å². The van der Waals surface area contributed by atoms with Gasteiger partial charge in [0, 0.05) is 15.9 Å². The van der Waals surface area contributed by atoms with Crippen LogP contribution < -0.4 is 5.32 Å². The van der Waals surface area contributed by atoms with E-state index in [9.17, 15) is 9.18 Å². The molecule has 1 atom stereocenters. The minimum atomic E-state index is -0.398. The van der Waals surface area contributed by atoms with Crippen LogP contribution in [0.1, 0.15) is 17.4 Å². The minimum absolute atomic E-state index is 0.147. The molecule has 0 spiro atoms. The van der Waals surface area contributed by atoms with Crippen LogP contribution in [0.4, 0.5) is 4.39 Å². The van der Waals surface area contributed by atoms with Gasteiger partial charge in [0.15, 0.2) is 0 Å². The molecule has 0 aliphatic heterocycles. The Bertz CT molecular complexity index is 597. The van der Waals surface area contributed by atoms with Crippen molar-refractivity contribution in [1.29, 1.82) is 0 Å². The summed E-state index contributed by atoms with van der Waals surface area (Å²) >= 11 is 3.19.